The molecule has 1 fully saturated rings. The summed E-state index contributed by atoms with van der Waals surface area (Å²) in [7, 11) is 0. The van der Waals surface area contributed by atoms with E-state index in [1.165, 1.54) is 18.3 Å². The molecule has 2 aliphatic heterocycles. The summed E-state index contributed by atoms with van der Waals surface area (Å²) in [6.07, 6.45) is 9.01. The fourth-order valence-corrected chi connectivity index (χ4v) is 5.84. The number of piperidine rings is 1. The number of anilines is 3. The fraction of sp³-hybridized carbons (Fsp3) is 0.267. The highest BCUT2D eigenvalue weighted by Gasteiger charge is 2.30. The number of halogens is 3. The lowest BCUT2D eigenvalue weighted by Crippen LogP contribution is -2.48. The molecule has 2 aliphatic rings. The highest BCUT2D eigenvalue weighted by atomic mass is 35.5. The van der Waals surface area contributed by atoms with Crippen LogP contribution in [0.4, 0.5) is 21.5 Å². The zero-order valence-corrected chi connectivity index (χ0v) is 24.8. The number of aromatic nitrogens is 3. The van der Waals surface area contributed by atoms with E-state index in [0.29, 0.717) is 50.4 Å². The molecule has 4 N–H and O–H groups in total. The van der Waals surface area contributed by atoms with Crippen molar-refractivity contribution < 1.29 is 4.39 Å². The molecule has 4 heterocycles. The van der Waals surface area contributed by atoms with E-state index in [-0.39, 0.29) is 5.02 Å². The Labute approximate surface area is 258 Å². The molecule has 0 saturated carbocycles. The van der Waals surface area contributed by atoms with E-state index in [1.54, 1.807) is 30.6 Å². The molecule has 4 aromatic rings. The zero-order chi connectivity index (χ0) is 29.9. The highest BCUT2D eigenvalue weighted by molar-refractivity contribution is 6.36. The van der Waals surface area contributed by atoms with Crippen LogP contribution >= 0.6 is 23.2 Å². The average Bonchev–Trinajstić information content (AvgIpc) is 3.52. The SMILES string of the molecule is CCN1CCC(N2C=C(C(Nc3cc(Cl)c4ncc(C#N)c(Nc5ccc(F)c(Cl)c5)c4c3)c3ncccn3)NN2)CC1. The predicted molar refractivity (Wildman–Crippen MR) is 166 cm³/mol. The third kappa shape index (κ3) is 6.14. The van der Waals surface area contributed by atoms with Gasteiger partial charge in [-0.15, -0.1) is 5.53 Å². The Kier molecular flexibility index (Phi) is 8.44. The normalized spacial score (nSPS) is 16.4. The van der Waals surface area contributed by atoms with Gasteiger partial charge in [-0.1, -0.05) is 30.1 Å². The molecule has 220 valence electrons. The number of pyridine rings is 1. The lowest BCUT2D eigenvalue weighted by atomic mass is 10.0. The van der Waals surface area contributed by atoms with Crippen LogP contribution in [0, 0.1) is 17.1 Å². The van der Waals surface area contributed by atoms with E-state index < -0.39 is 11.9 Å². The third-order valence-electron chi connectivity index (χ3n) is 7.71. The van der Waals surface area contributed by atoms with Crippen molar-refractivity contribution in [1.82, 2.24) is 35.8 Å². The van der Waals surface area contributed by atoms with E-state index >= 15 is 0 Å². The number of benzene rings is 2. The second-order valence-corrected chi connectivity index (χ2v) is 11.2. The molecular formula is C30H29Cl2FN10. The number of hydrogen-bond acceptors (Lipinski definition) is 10. The Balaban J connectivity index is 1.35. The Bertz CT molecular complexity index is 1700. The van der Waals surface area contributed by atoms with Gasteiger partial charge in [0.25, 0.3) is 0 Å². The van der Waals surface area contributed by atoms with Crippen molar-refractivity contribution in [1.29, 1.82) is 5.26 Å². The van der Waals surface area contributed by atoms with Crippen LogP contribution in [-0.2, 0) is 0 Å². The number of hydrogen-bond donors (Lipinski definition) is 4. The van der Waals surface area contributed by atoms with Gasteiger partial charge in [-0.3, -0.25) is 9.99 Å². The van der Waals surface area contributed by atoms with Gasteiger partial charge in [0.05, 0.1) is 32.5 Å². The molecule has 2 aromatic heterocycles. The lowest BCUT2D eigenvalue weighted by Gasteiger charge is -2.35. The van der Waals surface area contributed by atoms with Gasteiger partial charge in [-0.2, -0.15) is 5.26 Å². The molecule has 6 rings (SSSR count). The van der Waals surface area contributed by atoms with Crippen molar-refractivity contribution in [3.63, 3.8) is 0 Å². The summed E-state index contributed by atoms with van der Waals surface area (Å²) >= 11 is 12.8. The van der Waals surface area contributed by atoms with Crippen LogP contribution in [0.1, 0.15) is 37.2 Å². The number of nitrogens with one attached hydrogen (secondary N) is 4. The topological polar surface area (TPSA) is 117 Å². The molecule has 0 amide bonds. The molecule has 0 bridgehead atoms. The number of likely N-dealkylation sites (tertiary alicyclic amines) is 1. The monoisotopic (exact) mass is 618 g/mol. The van der Waals surface area contributed by atoms with E-state index in [1.807, 2.05) is 6.07 Å². The van der Waals surface area contributed by atoms with Gasteiger partial charge in [-0.05, 0) is 55.8 Å². The molecule has 1 saturated heterocycles. The third-order valence-corrected chi connectivity index (χ3v) is 8.28. The second-order valence-electron chi connectivity index (χ2n) is 10.3. The van der Waals surface area contributed by atoms with Crippen LogP contribution in [0.5, 0.6) is 0 Å². The van der Waals surface area contributed by atoms with Gasteiger partial charge >= 0.3 is 0 Å². The Hall–Kier alpha value is -4.21. The molecule has 43 heavy (non-hydrogen) atoms. The van der Waals surface area contributed by atoms with Crippen LogP contribution in [0.2, 0.25) is 10.0 Å². The van der Waals surface area contributed by atoms with E-state index in [0.717, 1.165) is 38.2 Å². The molecule has 0 radical (unpaired) electrons. The van der Waals surface area contributed by atoms with Crippen LogP contribution in [-0.4, -0.2) is 50.5 Å². The van der Waals surface area contributed by atoms with Crippen molar-refractivity contribution >= 4 is 51.2 Å². The summed E-state index contributed by atoms with van der Waals surface area (Å²) in [5.41, 5.74) is 9.88. The van der Waals surface area contributed by atoms with Crippen LogP contribution in [0.15, 0.2) is 66.9 Å². The molecular weight excluding hydrogens is 590 g/mol. The fourth-order valence-electron chi connectivity index (χ4n) is 5.39. The van der Waals surface area contributed by atoms with Crippen molar-refractivity contribution in [3.8, 4) is 6.07 Å². The van der Waals surface area contributed by atoms with Gasteiger partial charge in [0.15, 0.2) is 5.82 Å². The van der Waals surface area contributed by atoms with Crippen LogP contribution < -0.4 is 21.6 Å². The number of rotatable bonds is 8. The first kappa shape index (κ1) is 28.9. The minimum atomic E-state index is -0.537. The smallest absolute Gasteiger partial charge is 0.156 e. The van der Waals surface area contributed by atoms with Gasteiger partial charge < -0.3 is 21.0 Å². The maximum absolute atomic E-state index is 13.8. The van der Waals surface area contributed by atoms with Gasteiger partial charge in [0.1, 0.15) is 17.9 Å². The lowest BCUT2D eigenvalue weighted by molar-refractivity contribution is 0.112. The Morgan fingerprint density at radius 2 is 1.86 bits per heavy atom. The standard InChI is InChI=1S/C30H29Cl2FN10/c1-2-42-10-6-21(7-11-42)43-17-26(40-41-43)29(30-35-8-3-9-36-30)39-20-12-22-27(38-19-4-5-25(33)23(31)13-19)18(15-34)16-37-28(22)24(32)14-20/h3-5,8-9,12-14,16-17,21,29,39-41H,2,6-7,10-11H2,1H3,(H,37,38). The molecule has 2 aromatic carbocycles. The summed E-state index contributed by atoms with van der Waals surface area (Å²) in [6.45, 7) is 5.37. The van der Waals surface area contributed by atoms with Crippen LogP contribution in [0.25, 0.3) is 10.9 Å². The van der Waals surface area contributed by atoms with Gasteiger partial charge in [0, 0.05) is 60.7 Å². The van der Waals surface area contributed by atoms with Crippen molar-refractivity contribution in [3.05, 3.63) is 94.1 Å². The van der Waals surface area contributed by atoms with Crippen molar-refractivity contribution in [2.24, 2.45) is 0 Å². The van der Waals surface area contributed by atoms with E-state index in [2.05, 4.69) is 65.6 Å². The first-order chi connectivity index (χ1) is 20.9. The quantitative estimate of drug-likeness (QED) is 0.190. The minimum Gasteiger partial charge on any atom is -0.370 e. The maximum Gasteiger partial charge on any atom is 0.156 e. The number of hydrazine groups is 2. The number of nitriles is 1. The molecule has 13 heteroatoms. The Morgan fingerprint density at radius 3 is 2.58 bits per heavy atom. The molecule has 1 unspecified atom stereocenters. The maximum atomic E-state index is 13.8. The first-order valence-electron chi connectivity index (χ1n) is 14.0. The summed E-state index contributed by atoms with van der Waals surface area (Å²) in [6, 6.07) is 11.7. The zero-order valence-electron chi connectivity index (χ0n) is 23.3. The summed E-state index contributed by atoms with van der Waals surface area (Å²) in [4.78, 5) is 15.9. The summed E-state index contributed by atoms with van der Waals surface area (Å²) in [5.74, 6) is 0.0236. The Morgan fingerprint density at radius 1 is 1.09 bits per heavy atom. The molecule has 0 aliphatic carbocycles. The second kappa shape index (κ2) is 12.6. The van der Waals surface area contributed by atoms with E-state index in [9.17, 15) is 9.65 Å². The molecule has 1 atom stereocenters. The van der Waals surface area contributed by atoms with Gasteiger partial charge in [0.2, 0.25) is 0 Å². The summed E-state index contributed by atoms with van der Waals surface area (Å²) in [5, 5.41) is 19.7. The number of nitrogens with zero attached hydrogens (tertiary/aromatic N) is 6. The predicted octanol–water partition coefficient (Wildman–Crippen LogP) is 5.89. The first-order valence-corrected chi connectivity index (χ1v) is 14.7. The van der Waals surface area contributed by atoms with Gasteiger partial charge in [-0.25, -0.2) is 14.4 Å². The molecule has 0 spiro atoms. The highest BCUT2D eigenvalue weighted by Crippen LogP contribution is 2.37. The minimum absolute atomic E-state index is 0.0381. The van der Waals surface area contributed by atoms with E-state index in [4.69, 9.17) is 23.2 Å². The van der Waals surface area contributed by atoms with Crippen molar-refractivity contribution in [2.75, 3.05) is 30.3 Å². The average molecular weight is 620 g/mol. The van der Waals surface area contributed by atoms with Crippen LogP contribution in [0.3, 0.4) is 0 Å². The van der Waals surface area contributed by atoms with Crippen molar-refractivity contribution in [2.45, 2.75) is 31.8 Å². The molecule has 10 nitrogen and oxygen atoms in total. The summed E-state index contributed by atoms with van der Waals surface area (Å²) < 4.78 is 13.8. The number of fused-ring (bicyclic) bond motifs is 1. The largest absolute Gasteiger partial charge is 0.370 e.